The number of rotatable bonds is 8. The summed E-state index contributed by atoms with van der Waals surface area (Å²) in [5, 5.41) is 0. The van der Waals surface area contributed by atoms with Crippen LogP contribution in [0.1, 0.15) is 124 Å². The van der Waals surface area contributed by atoms with Gasteiger partial charge in [-0.15, -0.1) is 0 Å². The summed E-state index contributed by atoms with van der Waals surface area (Å²) in [5.41, 5.74) is 0.872. The minimum atomic E-state index is -0.128. The number of hydrogen-bond acceptors (Lipinski definition) is 3. The number of carbonyl (C=O) groups is 1. The highest BCUT2D eigenvalue weighted by Gasteiger charge is 2.76. The molecule has 1 saturated heterocycles. The van der Waals surface area contributed by atoms with Crippen LogP contribution in [0, 0.1) is 34.5 Å². The second-order valence-electron chi connectivity index (χ2n) is 12.9. The molecule has 0 aromatic rings. The van der Waals surface area contributed by atoms with Crippen molar-refractivity contribution in [2.75, 3.05) is 0 Å². The molecule has 0 N–H and O–H groups in total. The Labute approximate surface area is 196 Å². The Balaban J connectivity index is 1.24. The lowest BCUT2D eigenvalue weighted by molar-refractivity contribution is -0.157. The van der Waals surface area contributed by atoms with Crippen molar-refractivity contribution in [3.63, 3.8) is 0 Å². The van der Waals surface area contributed by atoms with Crippen LogP contribution < -0.4 is 0 Å². The van der Waals surface area contributed by atoms with Gasteiger partial charge in [0.1, 0.15) is 11.7 Å². The largest absolute Gasteiger partial charge is 0.462 e. The highest BCUT2D eigenvalue weighted by atomic mass is 16.6. The molecule has 0 bridgehead atoms. The van der Waals surface area contributed by atoms with E-state index in [4.69, 9.17) is 9.47 Å². The van der Waals surface area contributed by atoms with E-state index in [-0.39, 0.29) is 23.1 Å². The highest BCUT2D eigenvalue weighted by molar-refractivity contribution is 5.66. The van der Waals surface area contributed by atoms with Crippen molar-refractivity contribution in [3.05, 3.63) is 0 Å². The van der Waals surface area contributed by atoms with E-state index in [0.29, 0.717) is 11.5 Å². The van der Waals surface area contributed by atoms with E-state index in [9.17, 15) is 4.79 Å². The predicted molar refractivity (Wildman–Crippen MR) is 128 cm³/mol. The first-order chi connectivity index (χ1) is 15.3. The summed E-state index contributed by atoms with van der Waals surface area (Å²) < 4.78 is 12.3. The van der Waals surface area contributed by atoms with Gasteiger partial charge in [-0.2, -0.15) is 0 Å². The van der Waals surface area contributed by atoms with E-state index in [1.165, 1.54) is 83.5 Å². The van der Waals surface area contributed by atoms with Crippen LogP contribution in [0.25, 0.3) is 0 Å². The lowest BCUT2D eigenvalue weighted by atomic mass is 9.44. The zero-order valence-electron chi connectivity index (χ0n) is 21.3. The molecule has 1 spiro atoms. The van der Waals surface area contributed by atoms with Crippen molar-refractivity contribution in [2.24, 2.45) is 34.5 Å². The number of hydrogen-bond donors (Lipinski definition) is 0. The van der Waals surface area contributed by atoms with E-state index in [1.807, 2.05) is 0 Å². The molecule has 1 aliphatic heterocycles. The molecule has 32 heavy (non-hydrogen) atoms. The molecule has 0 amide bonds. The van der Waals surface area contributed by atoms with E-state index >= 15 is 0 Å². The van der Waals surface area contributed by atoms with Gasteiger partial charge in [-0.25, -0.2) is 0 Å². The molecule has 0 unspecified atom stereocenters. The summed E-state index contributed by atoms with van der Waals surface area (Å²) in [7, 11) is 0. The molecule has 182 valence electrons. The smallest absolute Gasteiger partial charge is 0.302 e. The van der Waals surface area contributed by atoms with Gasteiger partial charge in [0.15, 0.2) is 0 Å². The highest BCUT2D eigenvalue weighted by Crippen LogP contribution is 2.74. The van der Waals surface area contributed by atoms with Crippen molar-refractivity contribution in [2.45, 2.75) is 142 Å². The molecule has 4 aliphatic carbocycles. The Morgan fingerprint density at radius 1 is 0.969 bits per heavy atom. The molecule has 9 atom stereocenters. The van der Waals surface area contributed by atoms with Crippen molar-refractivity contribution >= 4 is 5.97 Å². The van der Waals surface area contributed by atoms with Crippen LogP contribution in [-0.2, 0) is 14.3 Å². The fourth-order valence-corrected chi connectivity index (χ4v) is 9.73. The second kappa shape index (κ2) is 8.58. The molecule has 5 rings (SSSR count). The zero-order valence-corrected chi connectivity index (χ0v) is 21.3. The van der Waals surface area contributed by atoms with Crippen LogP contribution in [0.2, 0.25) is 0 Å². The molecule has 0 radical (unpaired) electrons. The summed E-state index contributed by atoms with van der Waals surface area (Å²) in [4.78, 5) is 11.6. The van der Waals surface area contributed by atoms with Crippen LogP contribution in [0.5, 0.6) is 0 Å². The van der Waals surface area contributed by atoms with Crippen molar-refractivity contribution in [3.8, 4) is 0 Å². The molecule has 0 aromatic carbocycles. The van der Waals surface area contributed by atoms with Gasteiger partial charge in [0, 0.05) is 18.8 Å². The molecule has 5 aliphatic rings. The Morgan fingerprint density at radius 2 is 1.75 bits per heavy atom. The van der Waals surface area contributed by atoms with Crippen LogP contribution in [0.3, 0.4) is 0 Å². The fraction of sp³-hybridized carbons (Fsp3) is 0.966. The lowest BCUT2D eigenvalue weighted by Crippen LogP contribution is -2.58. The minimum Gasteiger partial charge on any atom is -0.462 e. The Hall–Kier alpha value is -0.570. The summed E-state index contributed by atoms with van der Waals surface area (Å²) in [6.07, 6.45) is 20.7. The summed E-state index contributed by atoms with van der Waals surface area (Å²) in [5.74, 6) is 3.41. The van der Waals surface area contributed by atoms with E-state index in [0.717, 1.165) is 36.5 Å². The maximum Gasteiger partial charge on any atom is 0.302 e. The molecule has 3 nitrogen and oxygen atoms in total. The van der Waals surface area contributed by atoms with Gasteiger partial charge < -0.3 is 9.47 Å². The van der Waals surface area contributed by atoms with Crippen molar-refractivity contribution < 1.29 is 14.3 Å². The van der Waals surface area contributed by atoms with Crippen molar-refractivity contribution in [1.82, 2.24) is 0 Å². The molecular weight excluding hydrogens is 396 g/mol. The quantitative estimate of drug-likeness (QED) is 0.221. The van der Waals surface area contributed by atoms with Gasteiger partial charge in [-0.1, -0.05) is 59.3 Å². The Kier molecular flexibility index (Phi) is 6.22. The van der Waals surface area contributed by atoms with Crippen molar-refractivity contribution in [1.29, 1.82) is 0 Å². The molecule has 3 heteroatoms. The number of esters is 1. The second-order valence-corrected chi connectivity index (χ2v) is 12.9. The SMILES string of the molecule is CCCCCCCC[C@H]1CC[C@H]2[C@@H]3C[C@@H]4O[C@@]45C[C@@H](OC(C)=O)CC[C@]5(C)[C@H]3CC[C@]12C. The van der Waals surface area contributed by atoms with E-state index < -0.39 is 0 Å². The van der Waals surface area contributed by atoms with Gasteiger partial charge >= 0.3 is 5.97 Å². The average Bonchev–Trinajstić information content (AvgIpc) is 3.34. The lowest BCUT2D eigenvalue weighted by Gasteiger charge is -2.59. The van der Waals surface area contributed by atoms with Crippen LogP contribution >= 0.6 is 0 Å². The first-order valence-electron chi connectivity index (χ1n) is 14.2. The number of epoxide rings is 1. The third kappa shape index (κ3) is 3.59. The van der Waals surface area contributed by atoms with Crippen LogP contribution in [0.15, 0.2) is 0 Å². The number of unbranched alkanes of at least 4 members (excludes halogenated alkanes) is 5. The standard InChI is InChI=1S/C29H48O3/c1-5-6-7-8-9-10-11-21-12-13-24-23-18-26-29(32-26)19-22(31-20(2)30)14-17-28(29,4)25(23)15-16-27(21,24)3/h21-26H,5-19H2,1-4H3/t21-,22-,23-,24-,25-,26-,27+,28+,29-/m0/s1. The Morgan fingerprint density at radius 3 is 2.53 bits per heavy atom. The summed E-state index contributed by atoms with van der Waals surface area (Å²) in [6.45, 7) is 9.10. The predicted octanol–water partition coefficient (Wildman–Crippen LogP) is 7.46. The third-order valence-corrected chi connectivity index (χ3v) is 11.5. The first-order valence-corrected chi connectivity index (χ1v) is 14.2. The van der Waals surface area contributed by atoms with Crippen LogP contribution in [0.4, 0.5) is 0 Å². The average molecular weight is 445 g/mol. The monoisotopic (exact) mass is 444 g/mol. The number of fused-ring (bicyclic) bond motifs is 4. The van der Waals surface area contributed by atoms with Gasteiger partial charge in [0.05, 0.1) is 6.10 Å². The summed E-state index contributed by atoms with van der Waals surface area (Å²) in [6, 6.07) is 0. The van der Waals surface area contributed by atoms with Crippen LogP contribution in [-0.4, -0.2) is 23.8 Å². The van der Waals surface area contributed by atoms with Gasteiger partial charge in [0.2, 0.25) is 0 Å². The van der Waals surface area contributed by atoms with Gasteiger partial charge in [0.25, 0.3) is 0 Å². The van der Waals surface area contributed by atoms with E-state index in [1.54, 1.807) is 6.92 Å². The summed E-state index contributed by atoms with van der Waals surface area (Å²) >= 11 is 0. The van der Waals surface area contributed by atoms with Gasteiger partial charge in [-0.3, -0.25) is 4.79 Å². The molecule has 1 heterocycles. The first kappa shape index (κ1) is 23.2. The normalized spacial score (nSPS) is 48.9. The maximum atomic E-state index is 11.6. The maximum absolute atomic E-state index is 11.6. The molecular formula is C29H48O3. The number of ether oxygens (including phenoxy) is 2. The molecule has 5 fully saturated rings. The Bertz CT molecular complexity index is 705. The zero-order chi connectivity index (χ0) is 22.6. The molecule has 0 aromatic heterocycles. The number of carbonyl (C=O) groups excluding carboxylic acids is 1. The third-order valence-electron chi connectivity index (χ3n) is 11.5. The topological polar surface area (TPSA) is 38.8 Å². The van der Waals surface area contributed by atoms with Gasteiger partial charge in [-0.05, 0) is 80.5 Å². The minimum absolute atomic E-state index is 0.0107. The van der Waals surface area contributed by atoms with E-state index in [2.05, 4.69) is 20.8 Å². The molecule has 4 saturated carbocycles. The fourth-order valence-electron chi connectivity index (χ4n) is 9.73.